The monoisotopic (exact) mass is 591 g/mol. The average molecular weight is 592 g/mol. The Balaban J connectivity index is 0.000000585. The maximum absolute atomic E-state index is 13.0. The van der Waals surface area contributed by atoms with E-state index in [2.05, 4.69) is 47.3 Å². The minimum atomic E-state index is -3.96. The number of amides is 1. The minimum Gasteiger partial charge on any atom is -0.451 e. The van der Waals surface area contributed by atoms with Gasteiger partial charge in [-0.15, -0.1) is 11.8 Å². The predicted octanol–water partition coefficient (Wildman–Crippen LogP) is 5.27. The summed E-state index contributed by atoms with van der Waals surface area (Å²) >= 11 is 1.77. The van der Waals surface area contributed by atoms with Gasteiger partial charge in [0, 0.05) is 29.3 Å². The summed E-state index contributed by atoms with van der Waals surface area (Å²) in [4.78, 5) is 38.1. The van der Waals surface area contributed by atoms with Gasteiger partial charge in [0.15, 0.2) is 5.69 Å². The van der Waals surface area contributed by atoms with E-state index in [0.717, 1.165) is 41.4 Å². The van der Waals surface area contributed by atoms with Crippen molar-refractivity contribution < 1.29 is 37.0 Å². The number of benzene rings is 2. The minimum absolute atomic E-state index is 0.0294. The van der Waals surface area contributed by atoms with Crippen LogP contribution in [0, 0.1) is 6.92 Å². The van der Waals surface area contributed by atoms with Gasteiger partial charge in [0.05, 0.1) is 13.2 Å². The number of methoxy groups -OCH3 is 1. The van der Waals surface area contributed by atoms with Crippen molar-refractivity contribution >= 4 is 23.8 Å². The van der Waals surface area contributed by atoms with Gasteiger partial charge in [-0.25, -0.2) is 4.79 Å². The normalized spacial score (nSPS) is 15.6. The highest BCUT2D eigenvalue weighted by molar-refractivity contribution is 7.98. The second-order valence-electron chi connectivity index (χ2n) is 9.01. The predicted molar refractivity (Wildman–Crippen MR) is 146 cm³/mol. The number of fused-ring (bicyclic) bond motifs is 3. The zero-order chi connectivity index (χ0) is 29.7. The highest BCUT2D eigenvalue weighted by atomic mass is 32.2. The molecule has 0 spiro atoms. The summed E-state index contributed by atoms with van der Waals surface area (Å²) in [6, 6.07) is 15.6. The van der Waals surface area contributed by atoms with E-state index in [1.807, 2.05) is 17.1 Å². The summed E-state index contributed by atoms with van der Waals surface area (Å²) in [5.41, 5.74) is 4.12. The third-order valence-electron chi connectivity index (χ3n) is 6.46. The largest absolute Gasteiger partial charge is 0.510 e. The van der Waals surface area contributed by atoms with E-state index in [4.69, 9.17) is 9.47 Å². The Labute approximate surface area is 238 Å². The average Bonchev–Trinajstić information content (AvgIpc) is 3.12. The number of alkyl halides is 3. The number of pyridine rings is 1. The van der Waals surface area contributed by atoms with Crippen LogP contribution in [0.25, 0.3) is 0 Å². The molecule has 0 bridgehead atoms. The van der Waals surface area contributed by atoms with E-state index in [1.54, 1.807) is 22.6 Å². The summed E-state index contributed by atoms with van der Waals surface area (Å²) in [6.07, 6.45) is -4.07. The van der Waals surface area contributed by atoms with Crippen LogP contribution in [-0.2, 0) is 15.2 Å². The molecule has 218 valence electrons. The summed E-state index contributed by atoms with van der Waals surface area (Å²) in [7, 11) is 1.16. The molecule has 0 fully saturated rings. The summed E-state index contributed by atoms with van der Waals surface area (Å²) in [5, 5.41) is 4.87. The quantitative estimate of drug-likeness (QED) is 0.324. The van der Waals surface area contributed by atoms with Crippen LogP contribution in [0.5, 0.6) is 5.75 Å². The highest BCUT2D eigenvalue weighted by Crippen LogP contribution is 2.43. The molecule has 1 N–H and O–H groups in total. The number of halogens is 3. The molecule has 5 rings (SSSR count). The lowest BCUT2D eigenvalue weighted by atomic mass is 9.91. The number of carbonyl (C=O) groups is 2. The molecule has 2 aliphatic rings. The molecule has 13 heteroatoms. The van der Waals surface area contributed by atoms with Gasteiger partial charge >= 0.3 is 12.3 Å². The Hall–Kier alpha value is -4.13. The van der Waals surface area contributed by atoms with Gasteiger partial charge in [-0.3, -0.25) is 19.3 Å². The first-order valence-corrected chi connectivity index (χ1v) is 13.6. The van der Waals surface area contributed by atoms with Crippen molar-refractivity contribution in [3.63, 3.8) is 0 Å². The molecule has 2 aromatic carbocycles. The molecule has 41 heavy (non-hydrogen) atoms. The molecule has 3 aromatic rings. The molecule has 0 aliphatic carbocycles. The number of nitrogens with zero attached hydrogens (tertiary/aromatic N) is 2. The molecular weight excluding hydrogens is 563 g/mol. The van der Waals surface area contributed by atoms with Gasteiger partial charge in [0.25, 0.3) is 5.91 Å². The third-order valence-corrected chi connectivity index (χ3v) is 7.60. The second-order valence-corrected chi connectivity index (χ2v) is 10.0. The van der Waals surface area contributed by atoms with Gasteiger partial charge in [-0.2, -0.15) is 13.2 Å². The fourth-order valence-electron chi connectivity index (χ4n) is 4.51. The molecule has 1 amide bonds. The van der Waals surface area contributed by atoms with Gasteiger partial charge in [-0.05, 0) is 35.2 Å². The molecular formula is C28H28F3N3O6S. The number of ether oxygens (including phenoxy) is 3. The molecule has 0 radical (unpaired) electrons. The maximum atomic E-state index is 13.0. The van der Waals surface area contributed by atoms with E-state index in [-0.39, 0.29) is 24.2 Å². The molecule has 0 saturated heterocycles. The number of carbonyl (C=O) groups excluding carboxylic acids is 2. The number of aryl methyl sites for hydroxylation is 1. The third kappa shape index (κ3) is 6.62. The molecule has 0 saturated carbocycles. The number of aromatic nitrogens is 1. The Kier molecular flexibility index (Phi) is 9.16. The first kappa shape index (κ1) is 29.8. The fourth-order valence-corrected chi connectivity index (χ4v) is 5.59. The van der Waals surface area contributed by atoms with Crippen LogP contribution < -0.4 is 20.5 Å². The van der Waals surface area contributed by atoms with Gasteiger partial charge in [0.2, 0.25) is 18.0 Å². The second kappa shape index (κ2) is 12.6. The summed E-state index contributed by atoms with van der Waals surface area (Å²) in [5.74, 6) is 0.147. The lowest BCUT2D eigenvalue weighted by Gasteiger charge is -2.40. The Morgan fingerprint density at radius 3 is 2.56 bits per heavy atom. The molecule has 0 unspecified atom stereocenters. The zero-order valence-electron chi connectivity index (χ0n) is 22.5. The van der Waals surface area contributed by atoms with Crippen molar-refractivity contribution in [1.82, 2.24) is 9.99 Å². The van der Waals surface area contributed by atoms with E-state index < -0.39 is 36.9 Å². The number of thioether (sulfide) groups is 1. The Bertz CT molecular complexity index is 1490. The topological polar surface area (TPSA) is 99.1 Å². The van der Waals surface area contributed by atoms with Crippen LogP contribution in [-0.4, -0.2) is 43.5 Å². The molecule has 2 aliphatic heterocycles. The van der Waals surface area contributed by atoms with Gasteiger partial charge < -0.3 is 19.5 Å². The number of nitrogens with one attached hydrogen (secondary N) is 1. The molecule has 1 atom stereocenters. The Morgan fingerprint density at radius 2 is 1.85 bits per heavy atom. The van der Waals surface area contributed by atoms with Crippen LogP contribution >= 0.6 is 11.8 Å². The molecule has 9 nitrogen and oxygen atoms in total. The molecule has 1 aromatic heterocycles. The maximum Gasteiger partial charge on any atom is 0.510 e. The lowest BCUT2D eigenvalue weighted by molar-refractivity contribution is -0.130. The first-order chi connectivity index (χ1) is 19.6. The highest BCUT2D eigenvalue weighted by Gasteiger charge is 2.36. The SMILES string of the molecule is CCC(F)(F)F.COC(=O)OCOc1c2n(ccc1=O)N([C@@H]1c3ccccc3SCc3cccc(C)c31)CNC2=O. The van der Waals surface area contributed by atoms with Crippen LogP contribution in [0.1, 0.15) is 52.1 Å². The van der Waals surface area contributed by atoms with Crippen molar-refractivity contribution in [3.05, 3.63) is 92.9 Å². The Morgan fingerprint density at radius 1 is 1.12 bits per heavy atom. The van der Waals surface area contributed by atoms with Crippen molar-refractivity contribution in [2.75, 3.05) is 25.6 Å². The fraction of sp³-hybridized carbons (Fsp3) is 0.321. The van der Waals surface area contributed by atoms with Crippen LogP contribution in [0.4, 0.5) is 18.0 Å². The lowest BCUT2D eigenvalue weighted by Crippen LogP contribution is -2.54. The van der Waals surface area contributed by atoms with Crippen molar-refractivity contribution in [1.29, 1.82) is 0 Å². The van der Waals surface area contributed by atoms with Crippen LogP contribution in [0.2, 0.25) is 0 Å². The van der Waals surface area contributed by atoms with E-state index in [1.165, 1.54) is 11.6 Å². The van der Waals surface area contributed by atoms with E-state index >= 15 is 0 Å². The first-order valence-electron chi connectivity index (χ1n) is 12.6. The van der Waals surface area contributed by atoms with Crippen molar-refractivity contribution in [2.24, 2.45) is 0 Å². The number of rotatable bonds is 4. The summed E-state index contributed by atoms with van der Waals surface area (Å²) in [6.45, 7) is 2.80. The van der Waals surface area contributed by atoms with Gasteiger partial charge in [-0.1, -0.05) is 43.3 Å². The molecule has 3 heterocycles. The van der Waals surface area contributed by atoms with Gasteiger partial charge in [0.1, 0.15) is 6.67 Å². The van der Waals surface area contributed by atoms with E-state index in [0.29, 0.717) is 0 Å². The van der Waals surface area contributed by atoms with Crippen molar-refractivity contribution in [2.45, 2.75) is 43.1 Å². The number of hydrogen-bond acceptors (Lipinski definition) is 8. The van der Waals surface area contributed by atoms with E-state index in [9.17, 15) is 27.6 Å². The summed E-state index contributed by atoms with van der Waals surface area (Å²) < 4.78 is 48.7. The standard InChI is InChI=1S/C25H23N3O6S.C3H5F3/c1-15-6-5-7-16-12-35-19-9-4-3-8-17(19)21(20(15)16)28-13-26-24(30)22-23(18(29)10-11-27(22)28)33-14-34-25(31)32-2;1-2-3(4,5)6/h3-11,21H,12-14H2,1-2H3,(H,26,30);2H2,1H3/t21-;/m1./s1. The smallest absolute Gasteiger partial charge is 0.451 e. The van der Waals surface area contributed by atoms with Crippen molar-refractivity contribution in [3.8, 4) is 5.75 Å². The van der Waals surface area contributed by atoms with Crippen LogP contribution in [0.15, 0.2) is 64.4 Å². The van der Waals surface area contributed by atoms with Crippen LogP contribution in [0.3, 0.4) is 0 Å². The zero-order valence-corrected chi connectivity index (χ0v) is 23.3. The number of hydrogen-bond donors (Lipinski definition) is 1.